The molecule has 4 heteroatoms. The van der Waals surface area contributed by atoms with E-state index in [0.29, 0.717) is 5.56 Å². The largest absolute Gasteiger partial charge is 0.204 e. The average molecular weight is 315 g/mol. The normalized spacial score (nSPS) is 12.5. The van der Waals surface area contributed by atoms with Gasteiger partial charge in [-0.2, -0.15) is 0 Å². The summed E-state index contributed by atoms with van der Waals surface area (Å²) in [7, 11) is 0. The number of aryl methyl sites for hydroxylation is 1. The van der Waals surface area contributed by atoms with Gasteiger partial charge in [-0.25, -0.2) is 13.2 Å². The van der Waals surface area contributed by atoms with Crippen molar-refractivity contribution in [2.45, 2.75) is 11.8 Å². The fraction of sp³-hybridized carbons (Fsp3) is 0.143. The molecule has 0 aliphatic carbocycles. The average Bonchev–Trinajstić information content (AvgIpc) is 2.35. The van der Waals surface area contributed by atoms with E-state index in [0.717, 1.165) is 23.3 Å². The van der Waals surface area contributed by atoms with Crippen LogP contribution in [-0.2, 0) is 0 Å². The molecule has 2 rings (SSSR count). The third-order valence-corrected chi connectivity index (χ3v) is 3.73. The van der Waals surface area contributed by atoms with E-state index in [1.54, 1.807) is 0 Å². The highest BCUT2D eigenvalue weighted by atomic mass is 79.9. The molecule has 0 bridgehead atoms. The fourth-order valence-corrected chi connectivity index (χ4v) is 2.22. The molecule has 0 heterocycles. The lowest BCUT2D eigenvalue weighted by Crippen LogP contribution is -1.98. The van der Waals surface area contributed by atoms with E-state index in [4.69, 9.17) is 0 Å². The Morgan fingerprint density at radius 1 is 0.889 bits per heavy atom. The number of alkyl halides is 1. The zero-order valence-corrected chi connectivity index (χ0v) is 11.1. The summed E-state index contributed by atoms with van der Waals surface area (Å²) in [5.74, 6) is -3.80. The minimum atomic E-state index is -1.44. The molecule has 2 aromatic rings. The predicted molar refractivity (Wildman–Crippen MR) is 68.3 cm³/mol. The van der Waals surface area contributed by atoms with Crippen LogP contribution in [0.3, 0.4) is 0 Å². The second kappa shape index (κ2) is 5.14. The smallest absolute Gasteiger partial charge is 0.194 e. The number of halogens is 4. The lowest BCUT2D eigenvalue weighted by atomic mass is 10.0. The molecule has 0 N–H and O–H groups in total. The molecule has 2 aromatic carbocycles. The maximum absolute atomic E-state index is 13.1. The van der Waals surface area contributed by atoms with Crippen LogP contribution < -0.4 is 0 Å². The van der Waals surface area contributed by atoms with Gasteiger partial charge in [-0.3, -0.25) is 0 Å². The quantitative estimate of drug-likeness (QED) is 0.546. The first-order valence-electron chi connectivity index (χ1n) is 5.34. The molecule has 0 saturated carbocycles. The van der Waals surface area contributed by atoms with Crippen molar-refractivity contribution in [2.75, 3.05) is 0 Å². The Hall–Kier alpha value is -1.29. The number of rotatable bonds is 2. The highest BCUT2D eigenvalue weighted by Crippen LogP contribution is 2.32. The van der Waals surface area contributed by atoms with Gasteiger partial charge in [0.15, 0.2) is 17.5 Å². The van der Waals surface area contributed by atoms with Crippen molar-refractivity contribution in [3.8, 4) is 0 Å². The van der Waals surface area contributed by atoms with Crippen LogP contribution in [0.15, 0.2) is 36.4 Å². The third-order valence-electron chi connectivity index (χ3n) is 2.67. The van der Waals surface area contributed by atoms with Gasteiger partial charge in [-0.1, -0.05) is 45.8 Å². The predicted octanol–water partition coefficient (Wildman–Crippen LogP) is 4.90. The molecule has 0 fully saturated rings. The molecule has 0 aliphatic rings. The molecular formula is C14H10BrF3. The van der Waals surface area contributed by atoms with Gasteiger partial charge in [0, 0.05) is 0 Å². The molecule has 0 aromatic heterocycles. The van der Waals surface area contributed by atoms with E-state index in [1.165, 1.54) is 0 Å². The van der Waals surface area contributed by atoms with Crippen LogP contribution in [0.4, 0.5) is 13.2 Å². The van der Waals surface area contributed by atoms with E-state index in [2.05, 4.69) is 15.9 Å². The number of benzene rings is 2. The Balaban J connectivity index is 2.39. The van der Waals surface area contributed by atoms with Crippen LogP contribution in [0.5, 0.6) is 0 Å². The summed E-state index contributed by atoms with van der Waals surface area (Å²) in [6.07, 6.45) is 0. The summed E-state index contributed by atoms with van der Waals surface area (Å²) in [4.78, 5) is -0.373. The minimum absolute atomic E-state index is 0.343. The first-order chi connectivity index (χ1) is 8.49. The van der Waals surface area contributed by atoms with Crippen molar-refractivity contribution in [1.82, 2.24) is 0 Å². The van der Waals surface area contributed by atoms with Gasteiger partial charge in [0.25, 0.3) is 0 Å². The molecule has 0 aliphatic heterocycles. The van der Waals surface area contributed by atoms with Crippen LogP contribution in [-0.4, -0.2) is 0 Å². The number of hydrogen-bond donors (Lipinski definition) is 0. The molecule has 18 heavy (non-hydrogen) atoms. The van der Waals surface area contributed by atoms with E-state index in [-0.39, 0.29) is 4.83 Å². The zero-order valence-electron chi connectivity index (χ0n) is 9.55. The maximum atomic E-state index is 13.1. The second-order valence-corrected chi connectivity index (χ2v) is 4.99. The SMILES string of the molecule is Cc1ccc(C(Br)c2cc(F)c(F)c(F)c2)cc1. The monoisotopic (exact) mass is 314 g/mol. The van der Waals surface area contributed by atoms with Crippen LogP contribution in [0, 0.1) is 24.4 Å². The van der Waals surface area contributed by atoms with Crippen molar-refractivity contribution in [3.63, 3.8) is 0 Å². The Morgan fingerprint density at radius 3 is 1.89 bits per heavy atom. The zero-order chi connectivity index (χ0) is 13.3. The van der Waals surface area contributed by atoms with Crippen molar-refractivity contribution in [2.24, 2.45) is 0 Å². The highest BCUT2D eigenvalue weighted by molar-refractivity contribution is 9.09. The third kappa shape index (κ3) is 2.58. The van der Waals surface area contributed by atoms with Crippen LogP contribution in [0.1, 0.15) is 21.5 Å². The fourth-order valence-electron chi connectivity index (χ4n) is 1.65. The summed E-state index contributed by atoms with van der Waals surface area (Å²) >= 11 is 3.36. The first-order valence-corrected chi connectivity index (χ1v) is 6.25. The Morgan fingerprint density at radius 2 is 1.39 bits per heavy atom. The Labute approximate surface area is 112 Å². The van der Waals surface area contributed by atoms with E-state index in [1.807, 2.05) is 31.2 Å². The Kier molecular flexibility index (Phi) is 3.76. The Bertz CT molecular complexity index is 541. The van der Waals surface area contributed by atoms with Gasteiger partial charge < -0.3 is 0 Å². The lowest BCUT2D eigenvalue weighted by Gasteiger charge is -2.11. The highest BCUT2D eigenvalue weighted by Gasteiger charge is 2.16. The first kappa shape index (κ1) is 13.1. The van der Waals surface area contributed by atoms with Crippen molar-refractivity contribution >= 4 is 15.9 Å². The van der Waals surface area contributed by atoms with Gasteiger partial charge in [-0.05, 0) is 30.2 Å². The van der Waals surface area contributed by atoms with Gasteiger partial charge >= 0.3 is 0 Å². The van der Waals surface area contributed by atoms with Gasteiger partial charge in [0.2, 0.25) is 0 Å². The van der Waals surface area contributed by atoms with Crippen LogP contribution in [0.25, 0.3) is 0 Å². The van der Waals surface area contributed by atoms with Crippen LogP contribution in [0.2, 0.25) is 0 Å². The lowest BCUT2D eigenvalue weighted by molar-refractivity contribution is 0.445. The second-order valence-electron chi connectivity index (χ2n) is 4.07. The van der Waals surface area contributed by atoms with E-state index >= 15 is 0 Å². The topological polar surface area (TPSA) is 0 Å². The van der Waals surface area contributed by atoms with Gasteiger partial charge in [0.1, 0.15) is 0 Å². The van der Waals surface area contributed by atoms with Crippen LogP contribution >= 0.6 is 15.9 Å². The summed E-state index contributed by atoms with van der Waals surface area (Å²) in [5.41, 5.74) is 2.29. The van der Waals surface area contributed by atoms with Gasteiger partial charge in [0.05, 0.1) is 4.83 Å². The summed E-state index contributed by atoms with van der Waals surface area (Å²) in [6, 6.07) is 9.51. The molecule has 0 amide bonds. The molecule has 94 valence electrons. The van der Waals surface area contributed by atoms with Crippen molar-refractivity contribution in [3.05, 3.63) is 70.5 Å². The molecule has 0 radical (unpaired) electrons. The number of hydrogen-bond acceptors (Lipinski definition) is 0. The molecular weight excluding hydrogens is 305 g/mol. The standard InChI is InChI=1S/C14H10BrF3/c1-8-2-4-9(5-3-8)13(15)10-6-11(16)14(18)12(17)7-10/h2-7,13H,1H3. The van der Waals surface area contributed by atoms with E-state index in [9.17, 15) is 13.2 Å². The molecule has 0 saturated heterocycles. The summed E-state index contributed by atoms with van der Waals surface area (Å²) in [6.45, 7) is 1.95. The van der Waals surface area contributed by atoms with Crippen molar-refractivity contribution in [1.29, 1.82) is 0 Å². The molecule has 0 spiro atoms. The molecule has 1 atom stereocenters. The minimum Gasteiger partial charge on any atom is -0.204 e. The summed E-state index contributed by atoms with van der Waals surface area (Å²) < 4.78 is 39.2. The van der Waals surface area contributed by atoms with Gasteiger partial charge in [-0.15, -0.1) is 0 Å². The summed E-state index contributed by atoms with van der Waals surface area (Å²) in [5, 5.41) is 0. The van der Waals surface area contributed by atoms with Crippen molar-refractivity contribution < 1.29 is 13.2 Å². The maximum Gasteiger partial charge on any atom is 0.194 e. The van der Waals surface area contributed by atoms with E-state index < -0.39 is 17.5 Å². The molecule has 1 unspecified atom stereocenters. The molecule has 0 nitrogen and oxygen atoms in total.